The van der Waals surface area contributed by atoms with Crippen LogP contribution in [0.3, 0.4) is 0 Å². The number of hydrogen-bond donors (Lipinski definition) is 10. The first-order chi connectivity index (χ1) is 26.9. The number of rotatable bonds is 22. The quantitative estimate of drug-likeness (QED) is 0.0299. The standard InChI is InChI=1S/C40H50N8O8/c41-40(42)44-18-9-16-30(37(53)48-32(39(55)56)20-25-10-3-1-4-11-25)46-36(52)23-33(49)31(22-27-24-45-29-15-8-7-14-28(27)29)47-35(51)17-19-43-38(54)34(50)21-26-12-5-2-6-13-26/h1-8,10-15,24,30-34,45,49-50H,9,16-23H2,(H,43,54)(H,46,52)(H,47,51)(H,48,53)(H,55,56)(H4,41,42,44)/t30-,31-,32-,33-,34-/m1/s1. The Balaban J connectivity index is 1.42. The molecule has 3 aromatic carbocycles. The molecule has 0 bridgehead atoms. The molecule has 56 heavy (non-hydrogen) atoms. The number of fused-ring (bicyclic) bond motifs is 1. The van der Waals surface area contributed by atoms with Gasteiger partial charge in [0.05, 0.1) is 18.6 Å². The van der Waals surface area contributed by atoms with Crippen molar-refractivity contribution < 1.29 is 39.3 Å². The molecule has 0 radical (unpaired) electrons. The van der Waals surface area contributed by atoms with E-state index in [4.69, 9.17) is 11.5 Å². The van der Waals surface area contributed by atoms with Crippen LogP contribution < -0.4 is 32.7 Å². The molecular weight excluding hydrogens is 720 g/mol. The lowest BCUT2D eigenvalue weighted by Gasteiger charge is -2.26. The van der Waals surface area contributed by atoms with Crippen molar-refractivity contribution in [2.45, 2.75) is 75.3 Å². The van der Waals surface area contributed by atoms with E-state index in [0.29, 0.717) is 5.56 Å². The first kappa shape index (κ1) is 42.5. The smallest absolute Gasteiger partial charge is 0.326 e. The van der Waals surface area contributed by atoms with Crippen molar-refractivity contribution >= 4 is 46.5 Å². The van der Waals surface area contributed by atoms with Gasteiger partial charge in [-0.25, -0.2) is 4.79 Å². The number of H-pyrrole nitrogens is 1. The fraction of sp³-hybridized carbons (Fsp3) is 0.350. The van der Waals surface area contributed by atoms with E-state index in [1.807, 2.05) is 30.3 Å². The first-order valence-electron chi connectivity index (χ1n) is 18.3. The Bertz CT molecular complexity index is 1930. The molecule has 0 aliphatic rings. The average Bonchev–Trinajstić information content (AvgIpc) is 3.58. The number of para-hydroxylation sites is 1. The van der Waals surface area contributed by atoms with E-state index >= 15 is 0 Å². The van der Waals surface area contributed by atoms with Crippen molar-refractivity contribution in [1.82, 2.24) is 26.3 Å². The molecule has 0 aliphatic carbocycles. The highest BCUT2D eigenvalue weighted by molar-refractivity contribution is 5.91. The second-order valence-corrected chi connectivity index (χ2v) is 13.4. The van der Waals surface area contributed by atoms with Crippen LogP contribution in [0.1, 0.15) is 42.4 Å². The van der Waals surface area contributed by atoms with E-state index in [-0.39, 0.29) is 57.6 Å². The van der Waals surface area contributed by atoms with Gasteiger partial charge in [-0.3, -0.25) is 24.2 Å². The minimum absolute atomic E-state index is 0.00244. The number of carboxylic acids is 1. The molecule has 16 nitrogen and oxygen atoms in total. The molecule has 0 fully saturated rings. The van der Waals surface area contributed by atoms with Gasteiger partial charge in [-0.15, -0.1) is 0 Å². The molecule has 0 saturated carbocycles. The minimum atomic E-state index is -1.44. The third-order valence-electron chi connectivity index (χ3n) is 9.04. The Morgan fingerprint density at radius 3 is 2.04 bits per heavy atom. The normalized spacial score (nSPS) is 13.7. The maximum absolute atomic E-state index is 13.5. The summed E-state index contributed by atoms with van der Waals surface area (Å²) >= 11 is 0. The summed E-state index contributed by atoms with van der Waals surface area (Å²) < 4.78 is 0. The molecule has 16 heteroatoms. The molecule has 4 rings (SSSR count). The summed E-state index contributed by atoms with van der Waals surface area (Å²) in [6, 6.07) is 21.7. The predicted molar refractivity (Wildman–Crippen MR) is 210 cm³/mol. The highest BCUT2D eigenvalue weighted by Gasteiger charge is 2.30. The van der Waals surface area contributed by atoms with E-state index in [9.17, 15) is 39.3 Å². The number of aromatic nitrogens is 1. The van der Waals surface area contributed by atoms with Crippen LogP contribution >= 0.6 is 0 Å². The maximum Gasteiger partial charge on any atom is 0.326 e. The predicted octanol–water partition coefficient (Wildman–Crippen LogP) is 0.407. The van der Waals surface area contributed by atoms with Crippen molar-refractivity contribution in [1.29, 1.82) is 0 Å². The van der Waals surface area contributed by atoms with E-state index in [1.54, 1.807) is 60.8 Å². The Morgan fingerprint density at radius 1 is 0.732 bits per heavy atom. The van der Waals surface area contributed by atoms with Gasteiger partial charge >= 0.3 is 5.97 Å². The van der Waals surface area contributed by atoms with Crippen molar-refractivity contribution in [3.63, 3.8) is 0 Å². The van der Waals surface area contributed by atoms with Crippen LogP contribution in [0.2, 0.25) is 0 Å². The molecule has 0 unspecified atom stereocenters. The highest BCUT2D eigenvalue weighted by Crippen LogP contribution is 2.21. The summed E-state index contributed by atoms with van der Waals surface area (Å²) in [5.74, 6) is -4.06. The van der Waals surface area contributed by atoms with Crippen LogP contribution in [-0.4, -0.2) is 99.3 Å². The van der Waals surface area contributed by atoms with Gasteiger partial charge in [0, 0.05) is 49.5 Å². The van der Waals surface area contributed by atoms with Crippen LogP contribution in [-0.2, 0) is 43.2 Å². The van der Waals surface area contributed by atoms with Gasteiger partial charge in [0.25, 0.3) is 0 Å². The summed E-state index contributed by atoms with van der Waals surface area (Å²) in [6.07, 6.45) is -1.19. The number of aliphatic hydroxyl groups excluding tert-OH is 2. The third-order valence-corrected chi connectivity index (χ3v) is 9.04. The van der Waals surface area contributed by atoms with Gasteiger partial charge in [0.2, 0.25) is 23.6 Å². The van der Waals surface area contributed by atoms with Crippen molar-refractivity contribution in [3.05, 3.63) is 108 Å². The molecule has 1 heterocycles. The molecule has 5 atom stereocenters. The van der Waals surface area contributed by atoms with Crippen LogP contribution in [0.15, 0.2) is 96.1 Å². The first-order valence-corrected chi connectivity index (χ1v) is 18.3. The average molecular weight is 771 g/mol. The fourth-order valence-corrected chi connectivity index (χ4v) is 6.13. The van der Waals surface area contributed by atoms with Crippen molar-refractivity contribution in [2.24, 2.45) is 16.5 Å². The number of aromatic amines is 1. The van der Waals surface area contributed by atoms with Gasteiger partial charge in [0.15, 0.2) is 5.96 Å². The number of aliphatic carboxylic acids is 1. The fourth-order valence-electron chi connectivity index (χ4n) is 6.13. The van der Waals surface area contributed by atoms with Crippen LogP contribution in [0, 0.1) is 0 Å². The Labute approximate surface area is 324 Å². The van der Waals surface area contributed by atoms with Crippen LogP contribution in [0.4, 0.5) is 0 Å². The molecule has 4 amide bonds. The summed E-state index contributed by atoms with van der Waals surface area (Å²) in [5.41, 5.74) is 13.9. The maximum atomic E-state index is 13.5. The second kappa shape index (κ2) is 21.6. The minimum Gasteiger partial charge on any atom is -0.480 e. The number of carbonyl (C=O) groups is 5. The number of nitrogens with one attached hydrogen (secondary N) is 5. The second-order valence-electron chi connectivity index (χ2n) is 13.4. The van der Waals surface area contributed by atoms with Gasteiger partial charge in [-0.1, -0.05) is 78.9 Å². The number of carboxylic acid groups (broad SMARTS) is 1. The Kier molecular flexibility index (Phi) is 16.4. The van der Waals surface area contributed by atoms with E-state index in [0.717, 1.165) is 22.0 Å². The lowest BCUT2D eigenvalue weighted by atomic mass is 9.98. The van der Waals surface area contributed by atoms with E-state index in [1.165, 1.54) is 0 Å². The van der Waals surface area contributed by atoms with Crippen LogP contribution in [0.25, 0.3) is 10.9 Å². The number of nitrogens with two attached hydrogens (primary N) is 2. The number of hydrogen-bond acceptors (Lipinski definition) is 8. The molecule has 298 valence electrons. The number of amides is 4. The monoisotopic (exact) mass is 770 g/mol. The molecule has 0 saturated heterocycles. The topological polar surface area (TPSA) is 274 Å². The lowest BCUT2D eigenvalue weighted by molar-refractivity contribution is -0.142. The number of aliphatic hydroxyl groups is 2. The van der Waals surface area contributed by atoms with Crippen molar-refractivity contribution in [3.8, 4) is 0 Å². The van der Waals surface area contributed by atoms with E-state index in [2.05, 4.69) is 31.2 Å². The zero-order valence-corrected chi connectivity index (χ0v) is 30.9. The van der Waals surface area contributed by atoms with Gasteiger partial charge in [0.1, 0.15) is 18.2 Å². The molecule has 4 aromatic rings. The largest absolute Gasteiger partial charge is 0.480 e. The number of benzene rings is 3. The summed E-state index contributed by atoms with van der Waals surface area (Å²) in [6.45, 7) is 0.0489. The van der Waals surface area contributed by atoms with Crippen LogP contribution in [0.5, 0.6) is 0 Å². The number of aliphatic imine (C=N–C) groups is 1. The molecule has 0 aliphatic heterocycles. The zero-order valence-electron chi connectivity index (χ0n) is 30.9. The number of carbonyl (C=O) groups excluding carboxylic acids is 4. The van der Waals surface area contributed by atoms with Crippen molar-refractivity contribution in [2.75, 3.05) is 13.1 Å². The van der Waals surface area contributed by atoms with Gasteiger partial charge < -0.3 is 53.0 Å². The highest BCUT2D eigenvalue weighted by atomic mass is 16.4. The molecule has 12 N–H and O–H groups in total. The van der Waals surface area contributed by atoms with Gasteiger partial charge in [-0.2, -0.15) is 0 Å². The summed E-state index contributed by atoms with van der Waals surface area (Å²) in [5, 5.41) is 42.9. The summed E-state index contributed by atoms with van der Waals surface area (Å²) in [7, 11) is 0. The molecular formula is C40H50N8O8. The number of guanidine groups is 1. The third kappa shape index (κ3) is 13.9. The SMILES string of the molecule is NC(N)=NCCC[C@@H](NC(=O)C[C@@H](O)[C@@H](Cc1c[nH]c2ccccc12)NC(=O)CCNC(=O)[C@H](O)Cc1ccccc1)C(=O)N[C@H](Cc1ccccc1)C(=O)O. The van der Waals surface area contributed by atoms with E-state index < -0.39 is 66.4 Å². The Hall–Kier alpha value is -6.26. The lowest BCUT2D eigenvalue weighted by Crippen LogP contribution is -2.53. The molecule has 1 aromatic heterocycles. The van der Waals surface area contributed by atoms with Gasteiger partial charge in [-0.05, 0) is 42.0 Å². The Morgan fingerprint density at radius 2 is 1.38 bits per heavy atom. The molecule has 0 spiro atoms. The zero-order chi connectivity index (χ0) is 40.5. The number of nitrogens with zero attached hydrogens (tertiary/aromatic N) is 1. The summed E-state index contributed by atoms with van der Waals surface area (Å²) in [4.78, 5) is 71.7.